The van der Waals surface area contributed by atoms with Crippen molar-refractivity contribution in [2.75, 3.05) is 32.8 Å². The first-order valence-electron chi connectivity index (χ1n) is 16.8. The van der Waals surface area contributed by atoms with Crippen LogP contribution in [0.4, 0.5) is 4.79 Å². The lowest BCUT2D eigenvalue weighted by Gasteiger charge is -2.34. The summed E-state index contributed by atoms with van der Waals surface area (Å²) >= 11 is 1.52. The Bertz CT molecular complexity index is 1710. The van der Waals surface area contributed by atoms with E-state index in [-0.39, 0.29) is 42.5 Å². The molecule has 0 radical (unpaired) electrons. The van der Waals surface area contributed by atoms with Gasteiger partial charge in [0.25, 0.3) is 0 Å². The van der Waals surface area contributed by atoms with Crippen LogP contribution in [0.25, 0.3) is 0 Å². The molecule has 0 spiro atoms. The number of amides is 3. The number of aliphatic hydroxyl groups is 1. The van der Waals surface area contributed by atoms with Gasteiger partial charge in [-0.1, -0.05) is 61.5 Å². The first-order valence-corrected chi connectivity index (χ1v) is 19.2. The molecule has 0 saturated carbocycles. The van der Waals surface area contributed by atoms with Gasteiger partial charge in [-0.05, 0) is 55.4 Å². The Balaban J connectivity index is 1.38. The Kier molecular flexibility index (Phi) is 12.6. The molecule has 5 rings (SSSR count). The van der Waals surface area contributed by atoms with E-state index in [1.165, 1.54) is 46.1 Å². The molecule has 0 bridgehead atoms. The molecule has 3 N–H and O–H groups in total. The summed E-state index contributed by atoms with van der Waals surface area (Å²) in [7, 11) is -4.12. The maximum atomic E-state index is 14.1. The zero-order chi connectivity index (χ0) is 35.8. The Morgan fingerprint density at radius 3 is 2.54 bits per heavy atom. The highest BCUT2D eigenvalue weighted by Crippen LogP contribution is 2.24. The van der Waals surface area contributed by atoms with Crippen LogP contribution in [0.2, 0.25) is 0 Å². The van der Waals surface area contributed by atoms with Crippen LogP contribution in [-0.2, 0) is 32.5 Å². The zero-order valence-electron chi connectivity index (χ0n) is 28.6. The van der Waals surface area contributed by atoms with Crippen molar-refractivity contribution < 1.29 is 33.1 Å². The number of carbonyl (C=O) groups excluding carboxylic acids is 2. The summed E-state index contributed by atoms with van der Waals surface area (Å²) < 4.78 is 35.1. The van der Waals surface area contributed by atoms with Crippen molar-refractivity contribution in [3.8, 4) is 0 Å². The zero-order valence-corrected chi connectivity index (χ0v) is 30.2. The van der Waals surface area contributed by atoms with Crippen molar-refractivity contribution in [2.24, 2.45) is 11.1 Å². The molecule has 1 aromatic heterocycles. The van der Waals surface area contributed by atoms with Crippen molar-refractivity contribution in [1.29, 1.82) is 0 Å². The van der Waals surface area contributed by atoms with E-state index in [4.69, 9.17) is 9.94 Å². The summed E-state index contributed by atoms with van der Waals surface area (Å²) in [6.45, 7) is 7.07. The van der Waals surface area contributed by atoms with Gasteiger partial charge in [0, 0.05) is 38.2 Å². The van der Waals surface area contributed by atoms with Gasteiger partial charge in [-0.25, -0.2) is 18.2 Å². The maximum Gasteiger partial charge on any atom is 0.321 e. The number of hydrogen-bond acceptors (Lipinski definition) is 10. The molecule has 2 aliphatic heterocycles. The number of aliphatic hydroxyl groups excluding tert-OH is 1. The lowest BCUT2D eigenvalue weighted by atomic mass is 9.98. The molecule has 50 heavy (non-hydrogen) atoms. The van der Waals surface area contributed by atoms with Gasteiger partial charge in [0.05, 0.1) is 46.6 Å². The van der Waals surface area contributed by atoms with Crippen LogP contribution in [0.5, 0.6) is 0 Å². The molecule has 3 amide bonds. The second kappa shape index (κ2) is 16.9. The van der Waals surface area contributed by atoms with Crippen molar-refractivity contribution in [2.45, 2.75) is 75.8 Å². The third-order valence-electron chi connectivity index (χ3n) is 9.02. The molecule has 3 aromatic rings. The normalized spacial score (nSPS) is 18.8. The van der Waals surface area contributed by atoms with Crippen LogP contribution >= 0.6 is 11.3 Å². The van der Waals surface area contributed by atoms with E-state index in [1.807, 2.05) is 56.5 Å². The Labute approximate surface area is 297 Å². The van der Waals surface area contributed by atoms with Gasteiger partial charge < -0.3 is 30.2 Å². The third kappa shape index (κ3) is 9.26. The first-order chi connectivity index (χ1) is 24.0. The molecule has 2 aliphatic rings. The molecule has 2 fully saturated rings. The molecular weight excluding hydrogens is 681 g/mol. The van der Waals surface area contributed by atoms with Crippen LogP contribution in [0.1, 0.15) is 48.5 Å². The number of sulfonamides is 1. The van der Waals surface area contributed by atoms with Gasteiger partial charge in [-0.3, -0.25) is 4.79 Å². The number of urea groups is 1. The molecular formula is C35H46N6O7S2. The van der Waals surface area contributed by atoms with E-state index in [0.29, 0.717) is 38.2 Å². The van der Waals surface area contributed by atoms with Gasteiger partial charge in [-0.2, -0.15) is 4.31 Å². The van der Waals surface area contributed by atoms with Crippen molar-refractivity contribution in [3.05, 3.63) is 81.8 Å². The van der Waals surface area contributed by atoms with Gasteiger partial charge in [0.15, 0.2) is 0 Å². The fourth-order valence-electron chi connectivity index (χ4n) is 6.47. The van der Waals surface area contributed by atoms with Crippen LogP contribution in [0.15, 0.2) is 70.0 Å². The van der Waals surface area contributed by atoms with E-state index >= 15 is 0 Å². The molecule has 4 atom stereocenters. The summed E-state index contributed by atoms with van der Waals surface area (Å²) in [5.74, 6) is -0.667. The van der Waals surface area contributed by atoms with Gasteiger partial charge in [-0.15, -0.1) is 11.3 Å². The maximum absolute atomic E-state index is 14.1. The molecule has 3 heterocycles. The average molecular weight is 727 g/mol. The number of ether oxygens (including phenoxy) is 1. The fourth-order valence-corrected chi connectivity index (χ4v) is 8.56. The number of oxime groups is 1. The number of carbonyl (C=O) groups is 2. The van der Waals surface area contributed by atoms with E-state index in [2.05, 4.69) is 15.5 Å². The van der Waals surface area contributed by atoms with E-state index in [0.717, 1.165) is 22.7 Å². The number of hydrogen-bond donors (Lipinski definition) is 3. The summed E-state index contributed by atoms with van der Waals surface area (Å²) in [5.41, 5.74) is 2.16. The summed E-state index contributed by atoms with van der Waals surface area (Å²) in [5, 5.41) is 29.6. The average Bonchev–Trinajstić information content (AvgIpc) is 3.84. The van der Waals surface area contributed by atoms with Gasteiger partial charge in [0.1, 0.15) is 6.04 Å². The molecule has 2 aromatic carbocycles. The highest BCUT2D eigenvalue weighted by Gasteiger charge is 2.41. The van der Waals surface area contributed by atoms with E-state index < -0.39 is 34.1 Å². The van der Waals surface area contributed by atoms with Crippen molar-refractivity contribution in [1.82, 2.24) is 24.4 Å². The van der Waals surface area contributed by atoms with E-state index in [1.54, 1.807) is 9.80 Å². The Hall–Kier alpha value is -3.89. The lowest BCUT2D eigenvalue weighted by molar-refractivity contribution is -0.128. The number of benzene rings is 2. The summed E-state index contributed by atoms with van der Waals surface area (Å²) in [4.78, 5) is 35.5. The number of thiazole rings is 1. The number of aryl methyl sites for hydroxylation is 1. The minimum Gasteiger partial charge on any atom is -0.411 e. The predicted octanol–water partition coefficient (Wildman–Crippen LogP) is 3.48. The van der Waals surface area contributed by atoms with Crippen molar-refractivity contribution >= 4 is 39.5 Å². The second-order valence-corrected chi connectivity index (χ2v) is 16.1. The lowest BCUT2D eigenvalue weighted by Crippen LogP contribution is -2.57. The van der Waals surface area contributed by atoms with E-state index in [9.17, 15) is 23.1 Å². The SMILES string of the molecule is Cc1nc(CN2CCN([C@@H](C(=O)N[C@@H](Cc3ccccc3)C(O)CN(CC3CCCO3)S(=O)(=O)c3ccc(/C=N/O)cc3)C(C)C)C2=O)cs1. The first kappa shape index (κ1) is 37.4. The molecule has 13 nitrogen and oxygen atoms in total. The molecule has 2 unspecified atom stereocenters. The van der Waals surface area contributed by atoms with Crippen LogP contribution in [-0.4, -0.2) is 113 Å². The highest BCUT2D eigenvalue weighted by molar-refractivity contribution is 7.89. The quantitative estimate of drug-likeness (QED) is 0.115. The number of rotatable bonds is 16. The van der Waals surface area contributed by atoms with Crippen LogP contribution in [0, 0.1) is 12.8 Å². The van der Waals surface area contributed by atoms with Gasteiger partial charge in [0.2, 0.25) is 15.9 Å². The number of aromatic nitrogens is 1. The molecule has 270 valence electrons. The Morgan fingerprint density at radius 1 is 1.18 bits per heavy atom. The predicted molar refractivity (Wildman–Crippen MR) is 190 cm³/mol. The number of nitrogens with one attached hydrogen (secondary N) is 1. The summed E-state index contributed by atoms with van der Waals surface area (Å²) in [6.07, 6.45) is 1.24. The van der Waals surface area contributed by atoms with Crippen molar-refractivity contribution in [3.63, 3.8) is 0 Å². The van der Waals surface area contributed by atoms with Crippen LogP contribution in [0.3, 0.4) is 0 Å². The topological polar surface area (TPSA) is 165 Å². The van der Waals surface area contributed by atoms with Gasteiger partial charge >= 0.3 is 6.03 Å². The third-order valence-corrected chi connectivity index (χ3v) is 11.7. The minimum atomic E-state index is -4.12. The summed E-state index contributed by atoms with van der Waals surface area (Å²) in [6, 6.07) is 13.3. The number of nitrogens with zero attached hydrogens (tertiary/aromatic N) is 5. The fraction of sp³-hybridized carbons (Fsp3) is 0.486. The monoisotopic (exact) mass is 726 g/mol. The van der Waals surface area contributed by atoms with Crippen LogP contribution < -0.4 is 5.32 Å². The highest BCUT2D eigenvalue weighted by atomic mass is 32.2. The Morgan fingerprint density at radius 2 is 1.92 bits per heavy atom. The smallest absolute Gasteiger partial charge is 0.321 e. The second-order valence-electron chi connectivity index (χ2n) is 13.1. The largest absolute Gasteiger partial charge is 0.411 e. The minimum absolute atomic E-state index is 0.00576. The molecule has 15 heteroatoms. The molecule has 0 aliphatic carbocycles. The standard InChI is InChI=1S/C35H46N6O7S2/c1-24(2)33(41-16-15-39(35(41)44)20-28-23-49-25(3)37-28)34(43)38-31(18-26-8-5-4-6-9-26)32(42)22-40(21-29-10-7-17-48-29)50(46,47)30-13-11-27(12-14-30)19-36-45/h4-6,8-9,11-14,19,23-24,29,31-33,42,45H,7,10,15-18,20-22H2,1-3H3,(H,38,43)/b36-19+/t29?,31-,32?,33+/m0/s1. The molecule has 2 saturated heterocycles.